The van der Waals surface area contributed by atoms with Crippen LogP contribution < -0.4 is 0 Å². The average Bonchev–Trinajstić information content (AvgIpc) is 2.33. The second kappa shape index (κ2) is 2.50. The smallest absolute Gasteiger partial charge is 0.0287 e. The minimum absolute atomic E-state index is 0.627. The first kappa shape index (κ1) is 9.09. The molecule has 1 aliphatic carbocycles. The molecule has 0 bridgehead atoms. The SMILES string of the molecule is CC(C)C1[C@H](C(C)C)C1(C)C. The van der Waals surface area contributed by atoms with E-state index in [4.69, 9.17) is 0 Å². The van der Waals surface area contributed by atoms with Crippen molar-refractivity contribution in [1.29, 1.82) is 0 Å². The largest absolute Gasteiger partial charge is 0.0625 e. The number of hydrogen-bond donors (Lipinski definition) is 0. The molecule has 0 nitrogen and oxygen atoms in total. The Labute approximate surface area is 71.4 Å². The van der Waals surface area contributed by atoms with Crippen LogP contribution in [-0.4, -0.2) is 0 Å². The van der Waals surface area contributed by atoms with Gasteiger partial charge in [0.05, 0.1) is 0 Å². The molecule has 0 N–H and O–H groups in total. The van der Waals surface area contributed by atoms with Gasteiger partial charge in [-0.2, -0.15) is 0 Å². The van der Waals surface area contributed by atoms with Crippen LogP contribution in [0.15, 0.2) is 0 Å². The Kier molecular flexibility index (Phi) is 2.07. The van der Waals surface area contributed by atoms with E-state index in [-0.39, 0.29) is 0 Å². The summed E-state index contributed by atoms with van der Waals surface area (Å²) < 4.78 is 0. The van der Waals surface area contributed by atoms with Crippen molar-refractivity contribution in [2.45, 2.75) is 41.5 Å². The highest BCUT2D eigenvalue weighted by atomic mass is 14.6. The van der Waals surface area contributed by atoms with Crippen LogP contribution in [0.5, 0.6) is 0 Å². The van der Waals surface area contributed by atoms with Crippen molar-refractivity contribution in [3.8, 4) is 0 Å². The van der Waals surface area contributed by atoms with Gasteiger partial charge >= 0.3 is 0 Å². The normalized spacial score (nSPS) is 34.9. The van der Waals surface area contributed by atoms with Crippen molar-refractivity contribution in [3.63, 3.8) is 0 Å². The van der Waals surface area contributed by atoms with Gasteiger partial charge in [-0.05, 0) is 29.1 Å². The maximum absolute atomic E-state index is 2.42. The van der Waals surface area contributed by atoms with Crippen molar-refractivity contribution in [3.05, 3.63) is 0 Å². The third-order valence-electron chi connectivity index (χ3n) is 3.43. The molecule has 1 unspecified atom stereocenters. The summed E-state index contributed by atoms with van der Waals surface area (Å²) in [6.45, 7) is 14.3. The Hall–Kier alpha value is 0. The van der Waals surface area contributed by atoms with Gasteiger partial charge in [0, 0.05) is 0 Å². The molecular weight excluding hydrogens is 132 g/mol. The Bertz CT molecular complexity index is 126. The van der Waals surface area contributed by atoms with Crippen LogP contribution >= 0.6 is 0 Å². The fraction of sp³-hybridized carbons (Fsp3) is 1.00. The summed E-state index contributed by atoms with van der Waals surface area (Å²) in [5.41, 5.74) is 0.627. The molecule has 0 saturated heterocycles. The number of rotatable bonds is 2. The lowest BCUT2D eigenvalue weighted by Crippen LogP contribution is -1.97. The van der Waals surface area contributed by atoms with E-state index < -0.39 is 0 Å². The standard InChI is InChI=1S/C11H22/c1-7(2)9-10(8(3)4)11(9,5)6/h7-10H,1-6H3/t9-,10?/m0/s1. The molecule has 0 aromatic carbocycles. The quantitative estimate of drug-likeness (QED) is 0.570. The maximum atomic E-state index is 2.42. The van der Waals surface area contributed by atoms with E-state index in [1.54, 1.807) is 0 Å². The van der Waals surface area contributed by atoms with Gasteiger partial charge in [-0.3, -0.25) is 0 Å². The molecule has 0 heteroatoms. The molecule has 0 aromatic rings. The summed E-state index contributed by atoms with van der Waals surface area (Å²) in [6, 6.07) is 0. The van der Waals surface area contributed by atoms with Crippen molar-refractivity contribution in [2.75, 3.05) is 0 Å². The minimum atomic E-state index is 0.627. The van der Waals surface area contributed by atoms with E-state index in [1.165, 1.54) is 0 Å². The predicted octanol–water partition coefficient (Wildman–Crippen LogP) is 3.57. The first-order chi connectivity index (χ1) is 4.89. The minimum Gasteiger partial charge on any atom is -0.0625 e. The third kappa shape index (κ3) is 1.32. The van der Waals surface area contributed by atoms with Gasteiger partial charge in [0.2, 0.25) is 0 Å². The maximum Gasteiger partial charge on any atom is -0.0287 e. The van der Waals surface area contributed by atoms with Crippen LogP contribution in [0.2, 0.25) is 0 Å². The molecule has 0 heterocycles. The van der Waals surface area contributed by atoms with Crippen molar-refractivity contribution in [1.82, 2.24) is 0 Å². The van der Waals surface area contributed by atoms with E-state index in [0.29, 0.717) is 5.41 Å². The zero-order valence-corrected chi connectivity index (χ0v) is 8.81. The molecule has 11 heavy (non-hydrogen) atoms. The second-order valence-electron chi connectivity index (χ2n) is 5.36. The Morgan fingerprint density at radius 3 is 1.18 bits per heavy atom. The predicted molar refractivity (Wildman–Crippen MR) is 50.4 cm³/mol. The first-order valence-electron chi connectivity index (χ1n) is 4.89. The summed E-state index contributed by atoms with van der Waals surface area (Å²) in [7, 11) is 0. The molecule has 1 fully saturated rings. The van der Waals surface area contributed by atoms with Crippen LogP contribution in [0.3, 0.4) is 0 Å². The molecule has 1 aliphatic rings. The van der Waals surface area contributed by atoms with Gasteiger partial charge in [-0.25, -0.2) is 0 Å². The van der Waals surface area contributed by atoms with E-state index in [9.17, 15) is 0 Å². The molecule has 1 rings (SSSR count). The zero-order valence-electron chi connectivity index (χ0n) is 8.81. The monoisotopic (exact) mass is 154 g/mol. The lowest BCUT2D eigenvalue weighted by Gasteiger charge is -2.04. The highest BCUT2D eigenvalue weighted by molar-refractivity contribution is 5.06. The van der Waals surface area contributed by atoms with E-state index in [2.05, 4.69) is 41.5 Å². The molecule has 0 aromatic heterocycles. The van der Waals surface area contributed by atoms with Gasteiger partial charge in [0.15, 0.2) is 0 Å². The van der Waals surface area contributed by atoms with E-state index >= 15 is 0 Å². The fourth-order valence-corrected chi connectivity index (χ4v) is 3.27. The molecule has 66 valence electrons. The topological polar surface area (TPSA) is 0 Å². The second-order valence-corrected chi connectivity index (χ2v) is 5.36. The van der Waals surface area contributed by atoms with Crippen LogP contribution in [0.25, 0.3) is 0 Å². The molecular formula is C11H22. The van der Waals surface area contributed by atoms with Crippen molar-refractivity contribution < 1.29 is 0 Å². The highest BCUT2D eigenvalue weighted by Crippen LogP contribution is 2.64. The Balaban J connectivity index is 2.61. The van der Waals surface area contributed by atoms with E-state index in [0.717, 1.165) is 23.7 Å². The van der Waals surface area contributed by atoms with E-state index in [1.807, 2.05) is 0 Å². The molecule has 1 saturated carbocycles. The van der Waals surface area contributed by atoms with Gasteiger partial charge in [-0.15, -0.1) is 0 Å². The van der Waals surface area contributed by atoms with Crippen LogP contribution in [0.1, 0.15) is 41.5 Å². The molecule has 0 amide bonds. The van der Waals surface area contributed by atoms with Crippen molar-refractivity contribution >= 4 is 0 Å². The lowest BCUT2D eigenvalue weighted by atomic mass is 10.0. The average molecular weight is 154 g/mol. The van der Waals surface area contributed by atoms with Gasteiger partial charge < -0.3 is 0 Å². The zero-order chi connectivity index (χ0) is 8.81. The summed E-state index contributed by atoms with van der Waals surface area (Å²) in [4.78, 5) is 0. The Morgan fingerprint density at radius 1 is 0.818 bits per heavy atom. The molecule has 0 radical (unpaired) electrons. The van der Waals surface area contributed by atoms with Crippen LogP contribution in [0.4, 0.5) is 0 Å². The third-order valence-corrected chi connectivity index (χ3v) is 3.43. The summed E-state index contributed by atoms with van der Waals surface area (Å²) in [6.07, 6.45) is 0. The van der Waals surface area contributed by atoms with Gasteiger partial charge in [0.25, 0.3) is 0 Å². The molecule has 0 spiro atoms. The first-order valence-corrected chi connectivity index (χ1v) is 4.89. The van der Waals surface area contributed by atoms with Crippen LogP contribution in [0, 0.1) is 29.1 Å². The van der Waals surface area contributed by atoms with Crippen molar-refractivity contribution in [2.24, 2.45) is 29.1 Å². The van der Waals surface area contributed by atoms with Gasteiger partial charge in [0.1, 0.15) is 0 Å². The summed E-state index contributed by atoms with van der Waals surface area (Å²) >= 11 is 0. The summed E-state index contributed by atoms with van der Waals surface area (Å²) in [5.74, 6) is 3.69. The van der Waals surface area contributed by atoms with Gasteiger partial charge in [-0.1, -0.05) is 41.5 Å². The number of hydrogen-bond acceptors (Lipinski definition) is 0. The Morgan fingerprint density at radius 2 is 1.09 bits per heavy atom. The summed E-state index contributed by atoms with van der Waals surface area (Å²) in [5, 5.41) is 0. The highest BCUT2D eigenvalue weighted by Gasteiger charge is 2.59. The van der Waals surface area contributed by atoms with Crippen LogP contribution in [-0.2, 0) is 0 Å². The fourth-order valence-electron chi connectivity index (χ4n) is 3.27. The molecule has 0 aliphatic heterocycles. The molecule has 2 atom stereocenters. The lowest BCUT2D eigenvalue weighted by molar-refractivity contribution is 0.448.